The van der Waals surface area contributed by atoms with Gasteiger partial charge in [0, 0.05) is 36.4 Å². The molecule has 0 spiro atoms. The van der Waals surface area contributed by atoms with Crippen LogP contribution in [0.15, 0.2) is 73.1 Å². The van der Waals surface area contributed by atoms with Crippen LogP contribution in [0.25, 0.3) is 22.3 Å². The number of fused-ring (bicyclic) bond motifs is 1. The van der Waals surface area contributed by atoms with Gasteiger partial charge in [-0.2, -0.15) is 5.10 Å². The molecule has 43 heavy (non-hydrogen) atoms. The Labute approximate surface area is 247 Å². The number of carbonyl (C=O) groups excluding carboxylic acids is 2. The predicted octanol–water partition coefficient (Wildman–Crippen LogP) is 4.81. The van der Waals surface area contributed by atoms with E-state index in [0.717, 1.165) is 55.1 Å². The number of methoxy groups -OCH3 is 1. The Balaban J connectivity index is 1.19. The minimum atomic E-state index is -0.513. The molecular formula is C32H30FN7O3. The highest BCUT2D eigenvalue weighted by atomic mass is 19.1. The smallest absolute Gasteiger partial charge is 0.255 e. The van der Waals surface area contributed by atoms with Crippen LogP contribution in [0.2, 0.25) is 0 Å². The first-order chi connectivity index (χ1) is 20.9. The molecular weight excluding hydrogens is 549 g/mol. The fourth-order valence-electron chi connectivity index (χ4n) is 5.50. The zero-order valence-electron chi connectivity index (χ0n) is 23.5. The lowest BCUT2D eigenvalue weighted by Crippen LogP contribution is -2.35. The average Bonchev–Trinajstić information content (AvgIpc) is 3.45. The molecule has 0 saturated carbocycles. The number of hydrogen-bond acceptors (Lipinski definition) is 8. The summed E-state index contributed by atoms with van der Waals surface area (Å²) in [5.74, 6) is -0.282. The SMILES string of the molecule is COc1ccc(F)cc1C(=O)NCc1ccc(-c2nn(C3CCN(c4ccc(C=O)cc4)CC3)c3ncnc(N)c23)cc1. The minimum Gasteiger partial charge on any atom is -0.496 e. The summed E-state index contributed by atoms with van der Waals surface area (Å²) >= 11 is 0. The summed E-state index contributed by atoms with van der Waals surface area (Å²) in [7, 11) is 1.44. The molecule has 2 aromatic heterocycles. The number of piperidine rings is 1. The van der Waals surface area contributed by atoms with Gasteiger partial charge < -0.3 is 20.7 Å². The Hall–Kier alpha value is -5.32. The number of amides is 1. The molecule has 10 nitrogen and oxygen atoms in total. The van der Waals surface area contributed by atoms with E-state index < -0.39 is 11.7 Å². The van der Waals surface area contributed by atoms with Crippen molar-refractivity contribution in [2.45, 2.75) is 25.4 Å². The van der Waals surface area contributed by atoms with Crippen LogP contribution in [0, 0.1) is 5.82 Å². The number of nitrogen functional groups attached to an aromatic ring is 1. The van der Waals surface area contributed by atoms with Crippen LogP contribution < -0.4 is 20.7 Å². The van der Waals surface area contributed by atoms with E-state index in [-0.39, 0.29) is 18.2 Å². The number of hydrogen-bond donors (Lipinski definition) is 2. The summed E-state index contributed by atoms with van der Waals surface area (Å²) in [6.07, 6.45) is 4.04. The summed E-state index contributed by atoms with van der Waals surface area (Å²) in [6, 6.07) is 19.2. The highest BCUT2D eigenvalue weighted by Crippen LogP contribution is 2.35. The van der Waals surface area contributed by atoms with E-state index in [1.54, 1.807) is 0 Å². The molecule has 1 aliphatic heterocycles. The number of nitrogens with one attached hydrogen (secondary N) is 1. The first-order valence-corrected chi connectivity index (χ1v) is 13.9. The molecule has 6 rings (SSSR count). The van der Waals surface area contributed by atoms with Crippen molar-refractivity contribution in [2.75, 3.05) is 30.8 Å². The Morgan fingerprint density at radius 1 is 1.07 bits per heavy atom. The van der Waals surface area contributed by atoms with Crippen LogP contribution in [0.1, 0.15) is 45.2 Å². The van der Waals surface area contributed by atoms with Crippen LogP contribution in [0.5, 0.6) is 5.75 Å². The van der Waals surface area contributed by atoms with Crippen molar-refractivity contribution in [1.82, 2.24) is 25.1 Å². The van der Waals surface area contributed by atoms with Gasteiger partial charge >= 0.3 is 0 Å². The Kier molecular flexibility index (Phi) is 7.69. The first-order valence-electron chi connectivity index (χ1n) is 13.9. The van der Waals surface area contributed by atoms with Crippen molar-refractivity contribution in [3.8, 4) is 17.0 Å². The number of benzene rings is 3. The summed E-state index contributed by atoms with van der Waals surface area (Å²) in [4.78, 5) is 34.8. The van der Waals surface area contributed by atoms with Crippen molar-refractivity contribution in [3.63, 3.8) is 0 Å². The molecule has 0 atom stereocenters. The van der Waals surface area contributed by atoms with Gasteiger partial charge in [0.2, 0.25) is 0 Å². The van der Waals surface area contributed by atoms with Crippen molar-refractivity contribution in [3.05, 3.63) is 95.6 Å². The number of nitrogens with two attached hydrogens (primary N) is 1. The number of nitrogens with zero attached hydrogens (tertiary/aromatic N) is 5. The molecule has 1 fully saturated rings. The largest absolute Gasteiger partial charge is 0.496 e. The number of aldehydes is 1. The average molecular weight is 580 g/mol. The summed E-state index contributed by atoms with van der Waals surface area (Å²) < 4.78 is 20.9. The van der Waals surface area contributed by atoms with E-state index in [0.29, 0.717) is 33.9 Å². The number of halogens is 1. The van der Waals surface area contributed by atoms with E-state index in [4.69, 9.17) is 15.6 Å². The quantitative estimate of drug-likeness (QED) is 0.251. The summed E-state index contributed by atoms with van der Waals surface area (Å²) in [6.45, 7) is 1.92. The zero-order chi connectivity index (χ0) is 29.9. The topological polar surface area (TPSA) is 128 Å². The van der Waals surface area contributed by atoms with Gasteiger partial charge in [0.15, 0.2) is 5.65 Å². The molecule has 1 saturated heterocycles. The van der Waals surface area contributed by atoms with E-state index in [1.807, 2.05) is 53.2 Å². The Bertz CT molecular complexity index is 1780. The molecule has 3 heterocycles. The number of anilines is 2. The van der Waals surface area contributed by atoms with Gasteiger partial charge in [-0.3, -0.25) is 9.59 Å². The van der Waals surface area contributed by atoms with Crippen molar-refractivity contribution in [2.24, 2.45) is 0 Å². The van der Waals surface area contributed by atoms with E-state index in [1.165, 1.54) is 25.6 Å². The molecule has 11 heteroatoms. The molecule has 0 radical (unpaired) electrons. The third-order valence-electron chi connectivity index (χ3n) is 7.81. The maximum atomic E-state index is 13.7. The Morgan fingerprint density at radius 2 is 1.81 bits per heavy atom. The van der Waals surface area contributed by atoms with E-state index in [9.17, 15) is 14.0 Å². The molecule has 1 amide bonds. The van der Waals surface area contributed by atoms with Crippen LogP contribution in [-0.2, 0) is 6.54 Å². The number of carbonyl (C=O) groups is 2. The molecule has 218 valence electrons. The maximum absolute atomic E-state index is 13.7. The normalized spacial score (nSPS) is 13.7. The number of aromatic nitrogens is 4. The van der Waals surface area contributed by atoms with E-state index >= 15 is 0 Å². The van der Waals surface area contributed by atoms with Crippen LogP contribution in [0.4, 0.5) is 15.9 Å². The molecule has 3 aromatic carbocycles. The fraction of sp³-hybridized carbons (Fsp3) is 0.219. The monoisotopic (exact) mass is 579 g/mol. The van der Waals surface area contributed by atoms with Crippen molar-refractivity contribution in [1.29, 1.82) is 0 Å². The van der Waals surface area contributed by atoms with Gasteiger partial charge in [0.25, 0.3) is 5.91 Å². The van der Waals surface area contributed by atoms with Gasteiger partial charge in [-0.05, 0) is 60.9 Å². The Morgan fingerprint density at radius 3 is 2.51 bits per heavy atom. The number of ether oxygens (including phenoxy) is 1. The predicted molar refractivity (Wildman–Crippen MR) is 162 cm³/mol. The van der Waals surface area contributed by atoms with Gasteiger partial charge in [0.05, 0.1) is 24.1 Å². The third kappa shape index (κ3) is 5.61. The van der Waals surface area contributed by atoms with Crippen LogP contribution in [0.3, 0.4) is 0 Å². The third-order valence-corrected chi connectivity index (χ3v) is 7.81. The lowest BCUT2D eigenvalue weighted by atomic mass is 10.0. The highest BCUT2D eigenvalue weighted by molar-refractivity contribution is 5.98. The lowest BCUT2D eigenvalue weighted by molar-refractivity contribution is 0.0947. The summed E-state index contributed by atoms with van der Waals surface area (Å²) in [5.41, 5.74) is 11.3. The highest BCUT2D eigenvalue weighted by Gasteiger charge is 2.26. The number of rotatable bonds is 8. The second-order valence-electron chi connectivity index (χ2n) is 10.4. The molecule has 3 N–H and O–H groups in total. The van der Waals surface area contributed by atoms with Crippen molar-refractivity contribution < 1.29 is 18.7 Å². The summed E-state index contributed by atoms with van der Waals surface area (Å²) in [5, 5.41) is 8.51. The second-order valence-corrected chi connectivity index (χ2v) is 10.4. The lowest BCUT2D eigenvalue weighted by Gasteiger charge is -2.33. The maximum Gasteiger partial charge on any atom is 0.255 e. The second kappa shape index (κ2) is 11.9. The standard InChI is InChI=1S/C32H30FN7O3/c1-43-27-11-8-23(33)16-26(27)32(42)35-17-20-2-6-22(7-3-20)29-28-30(34)36-19-37-31(28)40(38-29)25-12-14-39(15-13-25)24-9-4-21(18-41)5-10-24/h2-11,16,18-19,25H,12-15,17H2,1H3,(H,35,42)(H2,34,36,37). The van der Waals surface area contributed by atoms with Gasteiger partial charge in [0.1, 0.15) is 35.7 Å². The fourth-order valence-corrected chi connectivity index (χ4v) is 5.50. The molecule has 1 aliphatic rings. The molecule has 5 aromatic rings. The molecule has 0 aliphatic carbocycles. The van der Waals surface area contributed by atoms with Gasteiger partial charge in [-0.25, -0.2) is 19.0 Å². The van der Waals surface area contributed by atoms with Gasteiger partial charge in [-0.15, -0.1) is 0 Å². The zero-order valence-corrected chi connectivity index (χ0v) is 23.5. The van der Waals surface area contributed by atoms with Crippen LogP contribution >= 0.6 is 0 Å². The molecule has 0 unspecified atom stereocenters. The minimum absolute atomic E-state index is 0.130. The van der Waals surface area contributed by atoms with Crippen molar-refractivity contribution >= 4 is 34.7 Å². The van der Waals surface area contributed by atoms with Gasteiger partial charge in [-0.1, -0.05) is 24.3 Å². The first kappa shape index (κ1) is 27.8. The van der Waals surface area contributed by atoms with E-state index in [2.05, 4.69) is 20.2 Å². The molecule has 0 bridgehead atoms. The van der Waals surface area contributed by atoms with Crippen LogP contribution in [-0.4, -0.2) is 52.1 Å².